The maximum atomic E-state index is 12.3. The quantitative estimate of drug-likeness (QED) is 0.907. The maximum absolute atomic E-state index is 12.3. The molecule has 0 aromatic heterocycles. The molecule has 1 aromatic carbocycles. The number of carboxylic acid groups (broad SMARTS) is 1. The van der Waals surface area contributed by atoms with E-state index in [1.807, 2.05) is 6.07 Å². The third-order valence-electron chi connectivity index (χ3n) is 3.29. The molecule has 104 valence electrons. The van der Waals surface area contributed by atoms with Crippen LogP contribution in [0.15, 0.2) is 30.3 Å². The topological polar surface area (TPSA) is 74.7 Å². The minimum Gasteiger partial charge on any atom is -0.480 e. The molecule has 5 nitrogen and oxygen atoms in total. The molecule has 1 fully saturated rings. The first-order chi connectivity index (χ1) is 9.00. The van der Waals surface area contributed by atoms with Gasteiger partial charge in [0.25, 0.3) is 0 Å². The van der Waals surface area contributed by atoms with Crippen molar-refractivity contribution in [2.45, 2.75) is 31.1 Å². The zero-order chi connectivity index (χ0) is 13.9. The van der Waals surface area contributed by atoms with E-state index in [2.05, 4.69) is 0 Å². The normalized spacial score (nSPS) is 21.2. The van der Waals surface area contributed by atoms with Crippen LogP contribution in [0.2, 0.25) is 0 Å². The van der Waals surface area contributed by atoms with Gasteiger partial charge >= 0.3 is 5.97 Å². The Bertz CT molecular complexity index is 541. The summed E-state index contributed by atoms with van der Waals surface area (Å²) < 4.78 is 25.8. The third-order valence-corrected chi connectivity index (χ3v) is 5.14. The van der Waals surface area contributed by atoms with Gasteiger partial charge < -0.3 is 5.11 Å². The van der Waals surface area contributed by atoms with Crippen LogP contribution < -0.4 is 0 Å². The number of aliphatic carboxylic acids is 1. The lowest BCUT2D eigenvalue weighted by Gasteiger charge is -2.31. The SMILES string of the molecule is O=C(O)[C@@H]1CCCCN1S(=O)(=O)Cc1ccccc1. The molecule has 1 heterocycles. The van der Waals surface area contributed by atoms with Gasteiger partial charge in [-0.05, 0) is 24.8 Å². The van der Waals surface area contributed by atoms with E-state index in [1.165, 1.54) is 0 Å². The first-order valence-corrected chi connectivity index (χ1v) is 7.88. The van der Waals surface area contributed by atoms with Gasteiger partial charge in [-0.25, -0.2) is 8.42 Å². The molecule has 0 amide bonds. The summed E-state index contributed by atoms with van der Waals surface area (Å²) in [6.07, 6.45) is 1.87. The predicted molar refractivity (Wildman–Crippen MR) is 71.0 cm³/mol. The summed E-state index contributed by atoms with van der Waals surface area (Å²) in [5.74, 6) is -1.20. The number of sulfonamides is 1. The molecule has 1 saturated heterocycles. The second kappa shape index (κ2) is 5.71. The van der Waals surface area contributed by atoms with Gasteiger partial charge in [-0.2, -0.15) is 4.31 Å². The van der Waals surface area contributed by atoms with Crippen molar-refractivity contribution in [2.75, 3.05) is 6.54 Å². The standard InChI is InChI=1S/C13H17NO4S/c15-13(16)12-8-4-5-9-14(12)19(17,18)10-11-6-2-1-3-7-11/h1-3,6-7,12H,4-5,8-10H2,(H,15,16)/t12-/m0/s1. The summed E-state index contributed by atoms with van der Waals surface area (Å²) in [5, 5.41) is 9.13. The number of hydrogen-bond acceptors (Lipinski definition) is 3. The van der Waals surface area contributed by atoms with Crippen molar-refractivity contribution in [1.29, 1.82) is 0 Å². The molecule has 1 aliphatic heterocycles. The van der Waals surface area contributed by atoms with E-state index in [4.69, 9.17) is 5.11 Å². The molecule has 1 aromatic rings. The lowest BCUT2D eigenvalue weighted by atomic mass is 10.1. The van der Waals surface area contributed by atoms with Gasteiger partial charge in [-0.15, -0.1) is 0 Å². The third kappa shape index (κ3) is 3.33. The number of carbonyl (C=O) groups is 1. The van der Waals surface area contributed by atoms with Crippen molar-refractivity contribution in [3.8, 4) is 0 Å². The highest BCUT2D eigenvalue weighted by Crippen LogP contribution is 2.23. The van der Waals surface area contributed by atoms with Crippen LogP contribution in [0.1, 0.15) is 24.8 Å². The van der Waals surface area contributed by atoms with Crippen LogP contribution in [-0.2, 0) is 20.6 Å². The van der Waals surface area contributed by atoms with E-state index in [1.54, 1.807) is 24.3 Å². The van der Waals surface area contributed by atoms with E-state index in [0.29, 0.717) is 18.5 Å². The molecule has 0 radical (unpaired) electrons. The second-order valence-corrected chi connectivity index (χ2v) is 6.62. The second-order valence-electron chi connectivity index (χ2n) is 4.70. The molecule has 0 bridgehead atoms. The van der Waals surface area contributed by atoms with Crippen molar-refractivity contribution < 1.29 is 18.3 Å². The van der Waals surface area contributed by atoms with Crippen molar-refractivity contribution in [1.82, 2.24) is 4.31 Å². The Hall–Kier alpha value is -1.40. The van der Waals surface area contributed by atoms with Gasteiger partial charge in [-0.3, -0.25) is 4.79 Å². The Balaban J connectivity index is 2.20. The molecule has 1 N–H and O–H groups in total. The summed E-state index contributed by atoms with van der Waals surface area (Å²) in [5.41, 5.74) is 0.678. The lowest BCUT2D eigenvalue weighted by molar-refractivity contribution is -0.142. The molecule has 0 saturated carbocycles. The van der Waals surface area contributed by atoms with E-state index >= 15 is 0 Å². The Morgan fingerprint density at radius 2 is 1.95 bits per heavy atom. The fourth-order valence-electron chi connectivity index (χ4n) is 2.35. The number of carboxylic acids is 1. The van der Waals surface area contributed by atoms with Gasteiger partial charge in [0, 0.05) is 6.54 Å². The summed E-state index contributed by atoms with van der Waals surface area (Å²) in [4.78, 5) is 11.2. The molecule has 19 heavy (non-hydrogen) atoms. The average molecular weight is 283 g/mol. The number of rotatable bonds is 4. The summed E-state index contributed by atoms with van der Waals surface area (Å²) in [7, 11) is -3.58. The van der Waals surface area contributed by atoms with Crippen LogP contribution in [0.3, 0.4) is 0 Å². The minimum atomic E-state index is -3.58. The van der Waals surface area contributed by atoms with Crippen LogP contribution in [0.25, 0.3) is 0 Å². The molecule has 1 aliphatic rings. The summed E-state index contributed by atoms with van der Waals surface area (Å²) >= 11 is 0. The molecule has 0 spiro atoms. The average Bonchev–Trinajstić information content (AvgIpc) is 2.39. The van der Waals surface area contributed by atoms with E-state index in [0.717, 1.165) is 17.1 Å². The minimum absolute atomic E-state index is 0.141. The monoisotopic (exact) mass is 283 g/mol. The van der Waals surface area contributed by atoms with Crippen LogP contribution >= 0.6 is 0 Å². The zero-order valence-electron chi connectivity index (χ0n) is 10.5. The lowest BCUT2D eigenvalue weighted by Crippen LogP contribution is -2.48. The highest BCUT2D eigenvalue weighted by atomic mass is 32.2. The van der Waals surface area contributed by atoms with Crippen LogP contribution in [0, 0.1) is 0 Å². The molecule has 2 rings (SSSR count). The van der Waals surface area contributed by atoms with Gasteiger partial charge in [0.15, 0.2) is 0 Å². The van der Waals surface area contributed by atoms with Gasteiger partial charge in [0.05, 0.1) is 5.75 Å². The molecular weight excluding hydrogens is 266 g/mol. The fraction of sp³-hybridized carbons (Fsp3) is 0.462. The summed E-state index contributed by atoms with van der Waals surface area (Å²) in [6.45, 7) is 0.298. The Morgan fingerprint density at radius 1 is 1.26 bits per heavy atom. The predicted octanol–water partition coefficient (Wildman–Crippen LogP) is 1.46. The summed E-state index contributed by atoms with van der Waals surface area (Å²) in [6, 6.07) is 7.92. The van der Waals surface area contributed by atoms with Crippen molar-refractivity contribution in [3.63, 3.8) is 0 Å². The first kappa shape index (κ1) is 14.0. The Morgan fingerprint density at radius 3 is 2.58 bits per heavy atom. The smallest absolute Gasteiger partial charge is 0.322 e. The van der Waals surface area contributed by atoms with Crippen LogP contribution in [0.4, 0.5) is 0 Å². The van der Waals surface area contributed by atoms with Crippen LogP contribution in [-0.4, -0.2) is 36.4 Å². The number of hydrogen-bond donors (Lipinski definition) is 1. The van der Waals surface area contributed by atoms with Gasteiger partial charge in [-0.1, -0.05) is 30.3 Å². The molecule has 0 unspecified atom stereocenters. The van der Waals surface area contributed by atoms with E-state index in [9.17, 15) is 13.2 Å². The maximum Gasteiger partial charge on any atom is 0.322 e. The molecule has 0 aliphatic carbocycles. The number of benzene rings is 1. The van der Waals surface area contributed by atoms with Crippen molar-refractivity contribution >= 4 is 16.0 Å². The van der Waals surface area contributed by atoms with Gasteiger partial charge in [0.2, 0.25) is 10.0 Å². The molecular formula is C13H17NO4S. The Labute approximate surface area is 112 Å². The first-order valence-electron chi connectivity index (χ1n) is 6.27. The highest BCUT2D eigenvalue weighted by molar-refractivity contribution is 7.88. The number of nitrogens with zero attached hydrogens (tertiary/aromatic N) is 1. The largest absolute Gasteiger partial charge is 0.480 e. The van der Waals surface area contributed by atoms with E-state index < -0.39 is 22.0 Å². The number of piperidine rings is 1. The van der Waals surface area contributed by atoms with Gasteiger partial charge in [0.1, 0.15) is 6.04 Å². The Kier molecular flexibility index (Phi) is 4.21. The molecule has 1 atom stereocenters. The van der Waals surface area contributed by atoms with Crippen LogP contribution in [0.5, 0.6) is 0 Å². The van der Waals surface area contributed by atoms with Crippen molar-refractivity contribution in [2.24, 2.45) is 0 Å². The zero-order valence-corrected chi connectivity index (χ0v) is 11.3. The van der Waals surface area contributed by atoms with E-state index in [-0.39, 0.29) is 5.75 Å². The fourth-order valence-corrected chi connectivity index (χ4v) is 4.12. The van der Waals surface area contributed by atoms with Crippen molar-refractivity contribution in [3.05, 3.63) is 35.9 Å². The molecule has 6 heteroatoms. The highest BCUT2D eigenvalue weighted by Gasteiger charge is 2.36.